The number of rotatable bonds is 4. The van der Waals surface area contributed by atoms with Gasteiger partial charge in [-0.25, -0.2) is 0 Å². The van der Waals surface area contributed by atoms with E-state index in [1.165, 1.54) is 12.8 Å². The van der Waals surface area contributed by atoms with Gasteiger partial charge in [-0.1, -0.05) is 12.8 Å². The highest BCUT2D eigenvalue weighted by Gasteiger charge is 2.21. The third kappa shape index (κ3) is 3.70. The minimum absolute atomic E-state index is 0.0538. The number of halogens is 1. The van der Waals surface area contributed by atoms with E-state index in [0.717, 1.165) is 17.3 Å². The molecule has 1 aromatic rings. The summed E-state index contributed by atoms with van der Waals surface area (Å²) in [6, 6.07) is 2.12. The van der Waals surface area contributed by atoms with E-state index in [1.54, 1.807) is 25.4 Å². The Balaban J connectivity index is 1.86. The van der Waals surface area contributed by atoms with Crippen molar-refractivity contribution in [3.05, 3.63) is 22.9 Å². The number of pyridine rings is 1. The van der Waals surface area contributed by atoms with Crippen molar-refractivity contribution in [1.82, 2.24) is 10.3 Å². The number of nitrogens with zero attached hydrogens (tertiary/aromatic N) is 1. The molecule has 18 heavy (non-hydrogen) atoms. The summed E-state index contributed by atoms with van der Waals surface area (Å²) in [5, 5.41) is 3.02. The normalized spacial score (nSPS) is 17.4. The molecule has 1 aliphatic rings. The molecule has 0 aromatic carbocycles. The summed E-state index contributed by atoms with van der Waals surface area (Å²) in [5.74, 6) is 0.542. The topological polar surface area (TPSA) is 51.2 Å². The van der Waals surface area contributed by atoms with Crippen LogP contribution in [0.15, 0.2) is 22.9 Å². The summed E-state index contributed by atoms with van der Waals surface area (Å²) in [6.45, 7) is 1.76. The second-order valence-electron chi connectivity index (χ2n) is 4.59. The summed E-state index contributed by atoms with van der Waals surface area (Å²) in [6.07, 6.45) is 7.35. The van der Waals surface area contributed by atoms with E-state index < -0.39 is 6.10 Å². The van der Waals surface area contributed by atoms with E-state index in [2.05, 4.69) is 26.2 Å². The van der Waals surface area contributed by atoms with Gasteiger partial charge < -0.3 is 10.1 Å². The summed E-state index contributed by atoms with van der Waals surface area (Å²) >= 11 is 3.32. The maximum absolute atomic E-state index is 11.9. The van der Waals surface area contributed by atoms with Crippen molar-refractivity contribution in [1.29, 1.82) is 0 Å². The lowest BCUT2D eigenvalue weighted by Crippen LogP contribution is -2.41. The molecular weight excluding hydrogens is 296 g/mol. The molecule has 1 atom stereocenters. The molecule has 0 bridgehead atoms. The zero-order chi connectivity index (χ0) is 13.0. The predicted octanol–water partition coefficient (Wildman–Crippen LogP) is 2.67. The van der Waals surface area contributed by atoms with Gasteiger partial charge in [0, 0.05) is 16.7 Å². The Morgan fingerprint density at radius 3 is 2.89 bits per heavy atom. The Hall–Kier alpha value is -1.10. The molecule has 0 saturated heterocycles. The Morgan fingerprint density at radius 2 is 2.22 bits per heavy atom. The first kappa shape index (κ1) is 13.3. The van der Waals surface area contributed by atoms with Crippen LogP contribution in [0, 0.1) is 0 Å². The maximum Gasteiger partial charge on any atom is 0.260 e. The van der Waals surface area contributed by atoms with Gasteiger partial charge in [0.2, 0.25) is 0 Å². The van der Waals surface area contributed by atoms with Crippen LogP contribution in [0.25, 0.3) is 0 Å². The molecule has 1 unspecified atom stereocenters. The van der Waals surface area contributed by atoms with E-state index >= 15 is 0 Å². The number of hydrogen-bond donors (Lipinski definition) is 1. The third-order valence-electron chi connectivity index (χ3n) is 3.06. The molecule has 0 spiro atoms. The molecule has 1 aliphatic carbocycles. The van der Waals surface area contributed by atoms with E-state index in [-0.39, 0.29) is 5.91 Å². The van der Waals surface area contributed by atoms with Crippen molar-refractivity contribution < 1.29 is 9.53 Å². The Labute approximate surface area is 115 Å². The first-order chi connectivity index (χ1) is 8.65. The van der Waals surface area contributed by atoms with Gasteiger partial charge in [-0.3, -0.25) is 9.78 Å². The van der Waals surface area contributed by atoms with Crippen LogP contribution in [0.5, 0.6) is 5.75 Å². The molecule has 5 heteroatoms. The number of nitrogens with one attached hydrogen (secondary N) is 1. The summed E-state index contributed by atoms with van der Waals surface area (Å²) in [5.41, 5.74) is 0. The summed E-state index contributed by atoms with van der Waals surface area (Å²) in [4.78, 5) is 15.9. The highest BCUT2D eigenvalue weighted by atomic mass is 79.9. The van der Waals surface area contributed by atoms with Crippen LogP contribution in [0.4, 0.5) is 0 Å². The number of carbonyl (C=O) groups excluding carboxylic acids is 1. The van der Waals surface area contributed by atoms with Crippen molar-refractivity contribution in [3.63, 3.8) is 0 Å². The lowest BCUT2D eigenvalue weighted by molar-refractivity contribution is -0.127. The fourth-order valence-corrected chi connectivity index (χ4v) is 2.45. The number of carbonyl (C=O) groups is 1. The van der Waals surface area contributed by atoms with E-state index in [9.17, 15) is 4.79 Å². The largest absolute Gasteiger partial charge is 0.479 e. The summed E-state index contributed by atoms with van der Waals surface area (Å²) < 4.78 is 6.40. The zero-order valence-electron chi connectivity index (χ0n) is 10.4. The van der Waals surface area contributed by atoms with Crippen molar-refractivity contribution in [2.24, 2.45) is 0 Å². The van der Waals surface area contributed by atoms with E-state index in [4.69, 9.17) is 4.74 Å². The first-order valence-electron chi connectivity index (χ1n) is 6.23. The van der Waals surface area contributed by atoms with Gasteiger partial charge in [0.05, 0.1) is 6.20 Å². The van der Waals surface area contributed by atoms with E-state index in [0.29, 0.717) is 11.8 Å². The third-order valence-corrected chi connectivity index (χ3v) is 3.50. The molecule has 2 rings (SSSR count). The molecule has 1 aromatic heterocycles. The van der Waals surface area contributed by atoms with Crippen molar-refractivity contribution in [3.8, 4) is 5.75 Å². The van der Waals surface area contributed by atoms with Gasteiger partial charge in [0.1, 0.15) is 5.75 Å². The van der Waals surface area contributed by atoms with E-state index in [1.807, 2.05) is 0 Å². The van der Waals surface area contributed by atoms with Crippen molar-refractivity contribution >= 4 is 21.8 Å². The number of amides is 1. The molecule has 1 heterocycles. The fraction of sp³-hybridized carbons (Fsp3) is 0.538. The second kappa shape index (κ2) is 6.18. The van der Waals surface area contributed by atoms with Crippen LogP contribution < -0.4 is 10.1 Å². The van der Waals surface area contributed by atoms with Gasteiger partial charge in [-0.2, -0.15) is 0 Å². The minimum atomic E-state index is -0.498. The molecule has 98 valence electrons. The van der Waals surface area contributed by atoms with Crippen LogP contribution in [0.2, 0.25) is 0 Å². The maximum atomic E-state index is 11.9. The molecule has 1 amide bonds. The lowest BCUT2D eigenvalue weighted by atomic mass is 10.2. The van der Waals surface area contributed by atoms with Crippen LogP contribution in [0.3, 0.4) is 0 Å². The monoisotopic (exact) mass is 312 g/mol. The molecule has 0 aliphatic heterocycles. The minimum Gasteiger partial charge on any atom is -0.479 e. The first-order valence-corrected chi connectivity index (χ1v) is 7.02. The summed E-state index contributed by atoms with van der Waals surface area (Å²) in [7, 11) is 0. The molecule has 4 nitrogen and oxygen atoms in total. The second-order valence-corrected chi connectivity index (χ2v) is 5.50. The average Bonchev–Trinajstić information content (AvgIpc) is 2.81. The molecule has 0 radical (unpaired) electrons. The predicted molar refractivity (Wildman–Crippen MR) is 72.4 cm³/mol. The highest BCUT2D eigenvalue weighted by Crippen LogP contribution is 2.19. The van der Waals surface area contributed by atoms with Gasteiger partial charge in [-0.15, -0.1) is 0 Å². The van der Waals surface area contributed by atoms with Crippen molar-refractivity contribution in [2.45, 2.75) is 44.8 Å². The SMILES string of the molecule is CC(Oc1cncc(Br)c1)C(=O)NC1CCCC1. The standard InChI is InChI=1S/C13H17BrN2O2/c1-9(13(17)16-11-4-2-3-5-11)18-12-6-10(14)7-15-8-12/h6-9,11H,2-5H2,1H3,(H,16,17). The number of hydrogen-bond acceptors (Lipinski definition) is 3. The quantitative estimate of drug-likeness (QED) is 0.930. The van der Waals surface area contributed by atoms with Crippen LogP contribution in [-0.4, -0.2) is 23.0 Å². The fourth-order valence-electron chi connectivity index (χ4n) is 2.10. The van der Waals surface area contributed by atoms with Crippen molar-refractivity contribution in [2.75, 3.05) is 0 Å². The Bertz CT molecular complexity index is 419. The van der Waals surface area contributed by atoms with Gasteiger partial charge >= 0.3 is 0 Å². The average molecular weight is 313 g/mol. The van der Waals surface area contributed by atoms with Crippen LogP contribution >= 0.6 is 15.9 Å². The lowest BCUT2D eigenvalue weighted by Gasteiger charge is -2.17. The molecule has 1 N–H and O–H groups in total. The molecular formula is C13H17BrN2O2. The zero-order valence-corrected chi connectivity index (χ0v) is 11.9. The molecule has 1 saturated carbocycles. The Kier molecular flexibility index (Phi) is 4.58. The molecule has 1 fully saturated rings. The Morgan fingerprint density at radius 1 is 1.50 bits per heavy atom. The van der Waals surface area contributed by atoms with Crippen LogP contribution in [0.1, 0.15) is 32.6 Å². The smallest absolute Gasteiger partial charge is 0.260 e. The number of ether oxygens (including phenoxy) is 1. The van der Waals surface area contributed by atoms with Gasteiger partial charge in [0.25, 0.3) is 5.91 Å². The van der Waals surface area contributed by atoms with Crippen LogP contribution in [-0.2, 0) is 4.79 Å². The number of aromatic nitrogens is 1. The van der Waals surface area contributed by atoms with Gasteiger partial charge in [0.15, 0.2) is 6.10 Å². The van der Waals surface area contributed by atoms with Gasteiger partial charge in [-0.05, 0) is 41.8 Å². The highest BCUT2D eigenvalue weighted by molar-refractivity contribution is 9.10.